The van der Waals surface area contributed by atoms with Crippen LogP contribution in [0.1, 0.15) is 36.8 Å². The number of fused-ring (bicyclic) bond motifs is 1. The van der Waals surface area contributed by atoms with E-state index in [4.69, 9.17) is 0 Å². The van der Waals surface area contributed by atoms with Gasteiger partial charge in [-0.25, -0.2) is 14.6 Å². The number of rotatable bonds is 5. The Kier molecular flexibility index (Phi) is 4.65. The highest BCUT2D eigenvalue weighted by molar-refractivity contribution is 5.97. The zero-order valence-corrected chi connectivity index (χ0v) is 16.0. The molecule has 0 bridgehead atoms. The van der Waals surface area contributed by atoms with Crippen molar-refractivity contribution in [2.45, 2.75) is 52.7 Å². The van der Waals surface area contributed by atoms with Gasteiger partial charge in [0.15, 0.2) is 0 Å². The number of aryl methyl sites for hydroxylation is 3. The maximum absolute atomic E-state index is 13.0. The molecule has 0 aromatic carbocycles. The van der Waals surface area contributed by atoms with Crippen LogP contribution in [0.3, 0.4) is 0 Å². The molecule has 0 spiro atoms. The number of nitrogens with zero attached hydrogens (tertiary/aromatic N) is 6. The number of carbonyl (C=O) groups is 1. The average Bonchev–Trinajstić information content (AvgIpc) is 3.27. The van der Waals surface area contributed by atoms with Crippen molar-refractivity contribution >= 4 is 17.5 Å². The van der Waals surface area contributed by atoms with Gasteiger partial charge < -0.3 is 5.32 Å². The highest BCUT2D eigenvalue weighted by Crippen LogP contribution is 2.21. The SMILES string of the molecule is CCn1nccc1N1CCCC(NCc2cnc3nc(C)cc(C)n23)C1=O. The Morgan fingerprint density at radius 3 is 3.00 bits per heavy atom. The Morgan fingerprint density at radius 1 is 1.33 bits per heavy atom. The van der Waals surface area contributed by atoms with Gasteiger partial charge in [-0.2, -0.15) is 5.10 Å². The number of carbonyl (C=O) groups excluding carboxylic acids is 1. The summed E-state index contributed by atoms with van der Waals surface area (Å²) in [7, 11) is 0. The third kappa shape index (κ3) is 3.21. The third-order valence-electron chi connectivity index (χ3n) is 5.10. The van der Waals surface area contributed by atoms with Crippen LogP contribution in [0, 0.1) is 13.8 Å². The minimum Gasteiger partial charge on any atom is -0.300 e. The molecule has 4 heterocycles. The normalized spacial score (nSPS) is 17.8. The van der Waals surface area contributed by atoms with Gasteiger partial charge in [0, 0.05) is 37.1 Å². The van der Waals surface area contributed by atoms with E-state index in [-0.39, 0.29) is 11.9 Å². The van der Waals surface area contributed by atoms with Crippen molar-refractivity contribution in [3.63, 3.8) is 0 Å². The topological polar surface area (TPSA) is 80.3 Å². The molecule has 3 aromatic heterocycles. The van der Waals surface area contributed by atoms with Crippen LogP contribution in [-0.4, -0.2) is 42.6 Å². The summed E-state index contributed by atoms with van der Waals surface area (Å²) in [4.78, 5) is 23.7. The molecule has 8 heteroatoms. The predicted octanol–water partition coefficient (Wildman–Crippen LogP) is 1.85. The fourth-order valence-electron chi connectivity index (χ4n) is 3.84. The second-order valence-electron chi connectivity index (χ2n) is 6.99. The smallest absolute Gasteiger partial charge is 0.245 e. The molecule has 1 atom stereocenters. The molecule has 1 amide bonds. The molecule has 1 aliphatic heterocycles. The Balaban J connectivity index is 1.51. The van der Waals surface area contributed by atoms with Gasteiger partial charge in [0.05, 0.1) is 24.1 Å². The number of piperidine rings is 1. The van der Waals surface area contributed by atoms with Crippen molar-refractivity contribution in [3.05, 3.63) is 41.6 Å². The zero-order valence-electron chi connectivity index (χ0n) is 16.0. The predicted molar refractivity (Wildman–Crippen MR) is 103 cm³/mol. The molecule has 4 rings (SSSR count). The standard InChI is InChI=1S/C19H25N7O/c1-4-25-17(7-8-22-25)24-9-5-6-16(18(24)27)20-11-15-12-21-19-23-13(2)10-14(3)26(15)19/h7-8,10,12,16,20H,4-6,9,11H2,1-3H3. The zero-order chi connectivity index (χ0) is 19.0. The fraction of sp³-hybridized carbons (Fsp3) is 0.474. The lowest BCUT2D eigenvalue weighted by Gasteiger charge is -2.32. The quantitative estimate of drug-likeness (QED) is 0.744. The van der Waals surface area contributed by atoms with Gasteiger partial charge in [-0.05, 0) is 39.7 Å². The van der Waals surface area contributed by atoms with Gasteiger partial charge in [0.2, 0.25) is 11.7 Å². The summed E-state index contributed by atoms with van der Waals surface area (Å²) < 4.78 is 3.90. The Bertz CT molecular complexity index is 974. The van der Waals surface area contributed by atoms with Crippen LogP contribution in [0.25, 0.3) is 5.78 Å². The molecular weight excluding hydrogens is 342 g/mol. The number of hydrogen-bond acceptors (Lipinski definition) is 5. The molecule has 0 saturated carbocycles. The van der Waals surface area contributed by atoms with Gasteiger partial charge in [0.1, 0.15) is 5.82 Å². The van der Waals surface area contributed by atoms with Crippen LogP contribution in [0.4, 0.5) is 5.82 Å². The molecule has 142 valence electrons. The first-order valence-corrected chi connectivity index (χ1v) is 9.45. The monoisotopic (exact) mass is 367 g/mol. The number of imidazole rings is 1. The molecule has 3 aromatic rings. The third-order valence-corrected chi connectivity index (χ3v) is 5.10. The van der Waals surface area contributed by atoms with E-state index in [0.29, 0.717) is 12.3 Å². The molecule has 1 N–H and O–H groups in total. The minimum atomic E-state index is -0.205. The second-order valence-corrected chi connectivity index (χ2v) is 6.99. The van der Waals surface area contributed by atoms with Crippen molar-refractivity contribution in [2.75, 3.05) is 11.4 Å². The minimum absolute atomic E-state index is 0.107. The fourth-order valence-corrected chi connectivity index (χ4v) is 3.84. The van der Waals surface area contributed by atoms with E-state index in [2.05, 4.69) is 20.4 Å². The number of amides is 1. The molecule has 0 aliphatic carbocycles. The van der Waals surface area contributed by atoms with Crippen LogP contribution in [0.15, 0.2) is 24.5 Å². The van der Waals surface area contributed by atoms with Crippen molar-refractivity contribution in [1.82, 2.24) is 29.5 Å². The molecular formula is C19H25N7O. The Hall–Kier alpha value is -2.74. The Labute approximate surface area is 158 Å². The summed E-state index contributed by atoms with van der Waals surface area (Å²) >= 11 is 0. The highest BCUT2D eigenvalue weighted by Gasteiger charge is 2.31. The first kappa shape index (κ1) is 17.7. The van der Waals surface area contributed by atoms with E-state index in [1.165, 1.54) is 0 Å². The molecule has 1 unspecified atom stereocenters. The molecule has 0 radical (unpaired) electrons. The first-order chi connectivity index (χ1) is 13.1. The van der Waals surface area contributed by atoms with Crippen molar-refractivity contribution in [1.29, 1.82) is 0 Å². The van der Waals surface area contributed by atoms with Crippen LogP contribution in [0.5, 0.6) is 0 Å². The van der Waals surface area contributed by atoms with Gasteiger partial charge in [-0.1, -0.05) is 0 Å². The lowest BCUT2D eigenvalue weighted by Crippen LogP contribution is -2.51. The van der Waals surface area contributed by atoms with Gasteiger partial charge >= 0.3 is 0 Å². The average molecular weight is 367 g/mol. The van der Waals surface area contributed by atoms with Gasteiger partial charge in [-0.15, -0.1) is 0 Å². The molecule has 1 aliphatic rings. The molecule has 1 saturated heterocycles. The van der Waals surface area contributed by atoms with Gasteiger partial charge in [-0.3, -0.25) is 14.1 Å². The highest BCUT2D eigenvalue weighted by atomic mass is 16.2. The van der Waals surface area contributed by atoms with E-state index in [1.807, 2.05) is 53.1 Å². The lowest BCUT2D eigenvalue weighted by molar-refractivity contribution is -0.121. The van der Waals surface area contributed by atoms with Crippen molar-refractivity contribution < 1.29 is 4.79 Å². The summed E-state index contributed by atoms with van der Waals surface area (Å²) in [5.74, 6) is 1.68. The maximum Gasteiger partial charge on any atom is 0.245 e. The van der Waals surface area contributed by atoms with Crippen molar-refractivity contribution in [2.24, 2.45) is 0 Å². The van der Waals surface area contributed by atoms with Crippen LogP contribution >= 0.6 is 0 Å². The largest absolute Gasteiger partial charge is 0.300 e. The number of aromatic nitrogens is 5. The summed E-state index contributed by atoms with van der Waals surface area (Å²) in [5.41, 5.74) is 3.06. The maximum atomic E-state index is 13.0. The summed E-state index contributed by atoms with van der Waals surface area (Å²) in [6.45, 7) is 8.11. The summed E-state index contributed by atoms with van der Waals surface area (Å²) in [5, 5.41) is 7.72. The molecule has 8 nitrogen and oxygen atoms in total. The number of hydrogen-bond donors (Lipinski definition) is 1. The summed E-state index contributed by atoms with van der Waals surface area (Å²) in [6.07, 6.45) is 5.38. The van der Waals surface area contributed by atoms with Crippen molar-refractivity contribution in [3.8, 4) is 0 Å². The van der Waals surface area contributed by atoms with Gasteiger partial charge in [0.25, 0.3) is 0 Å². The molecule has 1 fully saturated rings. The van der Waals surface area contributed by atoms with E-state index < -0.39 is 0 Å². The number of nitrogens with one attached hydrogen (secondary N) is 1. The first-order valence-electron chi connectivity index (χ1n) is 9.45. The summed E-state index contributed by atoms with van der Waals surface area (Å²) in [6, 6.07) is 3.74. The van der Waals surface area contributed by atoms with Crippen LogP contribution in [-0.2, 0) is 17.9 Å². The number of anilines is 1. The van der Waals surface area contributed by atoms with E-state index in [1.54, 1.807) is 6.20 Å². The van der Waals surface area contributed by atoms with Crippen LogP contribution in [0.2, 0.25) is 0 Å². The van der Waals surface area contributed by atoms with Crippen LogP contribution < -0.4 is 10.2 Å². The Morgan fingerprint density at radius 2 is 2.19 bits per heavy atom. The van der Waals surface area contributed by atoms with E-state index in [9.17, 15) is 4.79 Å². The molecule has 27 heavy (non-hydrogen) atoms. The van der Waals surface area contributed by atoms with E-state index >= 15 is 0 Å². The lowest BCUT2D eigenvalue weighted by atomic mass is 10.0. The second kappa shape index (κ2) is 7.11. The van der Waals surface area contributed by atoms with E-state index in [0.717, 1.165) is 48.8 Å².